The van der Waals surface area contributed by atoms with Gasteiger partial charge in [0.25, 0.3) is 5.91 Å². The highest BCUT2D eigenvalue weighted by molar-refractivity contribution is 9.10. The van der Waals surface area contributed by atoms with Crippen LogP contribution >= 0.6 is 15.9 Å². The van der Waals surface area contributed by atoms with Crippen molar-refractivity contribution in [3.8, 4) is 0 Å². The van der Waals surface area contributed by atoms with Crippen molar-refractivity contribution in [3.05, 3.63) is 52.5 Å². The number of hydrogen-bond acceptors (Lipinski definition) is 2. The number of aryl methyl sites for hydroxylation is 2. The number of imidazole rings is 1. The third kappa shape index (κ3) is 3.61. The molecule has 0 aliphatic rings. The maximum absolute atomic E-state index is 12.3. The van der Waals surface area contributed by atoms with E-state index in [4.69, 9.17) is 0 Å². The summed E-state index contributed by atoms with van der Waals surface area (Å²) in [5.74, 6) is 0.706. The quantitative estimate of drug-likeness (QED) is 0.791. The molecule has 110 valence electrons. The van der Waals surface area contributed by atoms with Gasteiger partial charge in [-0.3, -0.25) is 4.79 Å². The Morgan fingerprint density at radius 1 is 1.48 bits per heavy atom. The van der Waals surface area contributed by atoms with E-state index in [2.05, 4.69) is 20.9 Å². The van der Waals surface area contributed by atoms with Gasteiger partial charge >= 0.3 is 0 Å². The molecule has 0 unspecified atom stereocenters. The summed E-state index contributed by atoms with van der Waals surface area (Å²) in [5, 5.41) is 0. The number of hydrogen-bond donors (Lipinski definition) is 0. The molecule has 1 aromatic heterocycles. The van der Waals surface area contributed by atoms with E-state index in [0.717, 1.165) is 28.1 Å². The first-order chi connectivity index (χ1) is 10.0. The molecule has 0 saturated heterocycles. The molecule has 2 aromatic rings. The molecule has 0 fully saturated rings. The van der Waals surface area contributed by atoms with Crippen molar-refractivity contribution in [2.45, 2.75) is 20.4 Å². The van der Waals surface area contributed by atoms with Crippen LogP contribution in [0.15, 0.2) is 41.1 Å². The zero-order chi connectivity index (χ0) is 15.4. The second-order valence-electron chi connectivity index (χ2n) is 4.73. The minimum absolute atomic E-state index is 0.0777. The summed E-state index contributed by atoms with van der Waals surface area (Å²) >= 11 is 3.43. The molecule has 0 saturated carbocycles. The van der Waals surface area contributed by atoms with Gasteiger partial charge in [-0.1, -0.05) is 15.9 Å². The summed E-state index contributed by atoms with van der Waals surface area (Å²) in [6, 6.07) is 5.85. The van der Waals surface area contributed by atoms with E-state index < -0.39 is 0 Å². The highest BCUT2D eigenvalue weighted by Gasteiger charge is 2.10. The van der Waals surface area contributed by atoms with Crippen molar-refractivity contribution in [3.63, 3.8) is 0 Å². The Balaban J connectivity index is 2.16. The predicted molar refractivity (Wildman–Crippen MR) is 89.2 cm³/mol. The average molecular weight is 348 g/mol. The monoisotopic (exact) mass is 347 g/mol. The van der Waals surface area contributed by atoms with Gasteiger partial charge in [-0.25, -0.2) is 4.98 Å². The smallest absolute Gasteiger partial charge is 0.250 e. The van der Waals surface area contributed by atoms with Crippen molar-refractivity contribution >= 4 is 33.6 Å². The molecule has 1 aromatic carbocycles. The molecule has 0 radical (unpaired) electrons. The first kappa shape index (κ1) is 15.5. The number of anilines is 1. The molecule has 0 atom stereocenters. The van der Waals surface area contributed by atoms with Gasteiger partial charge in [-0.2, -0.15) is 0 Å². The number of likely N-dealkylation sites (N-methyl/N-ethyl adjacent to an activating group) is 1. The van der Waals surface area contributed by atoms with Gasteiger partial charge in [-0.05, 0) is 43.7 Å². The highest BCUT2D eigenvalue weighted by Crippen LogP contribution is 2.23. The normalized spacial score (nSPS) is 11.0. The van der Waals surface area contributed by atoms with Crippen LogP contribution in [0.3, 0.4) is 0 Å². The van der Waals surface area contributed by atoms with Gasteiger partial charge in [0.15, 0.2) is 0 Å². The fourth-order valence-electron chi connectivity index (χ4n) is 2.12. The molecule has 0 aliphatic heterocycles. The van der Waals surface area contributed by atoms with Crippen molar-refractivity contribution in [2.75, 3.05) is 11.9 Å². The Morgan fingerprint density at radius 2 is 2.24 bits per heavy atom. The Kier molecular flexibility index (Phi) is 4.96. The van der Waals surface area contributed by atoms with Gasteiger partial charge in [-0.15, -0.1) is 0 Å². The van der Waals surface area contributed by atoms with Crippen molar-refractivity contribution in [1.82, 2.24) is 9.55 Å². The van der Waals surface area contributed by atoms with E-state index in [1.165, 1.54) is 0 Å². The molecule has 2 rings (SSSR count). The zero-order valence-electron chi connectivity index (χ0n) is 12.4. The van der Waals surface area contributed by atoms with Crippen LogP contribution in [0, 0.1) is 6.92 Å². The van der Waals surface area contributed by atoms with E-state index in [0.29, 0.717) is 0 Å². The van der Waals surface area contributed by atoms with E-state index in [-0.39, 0.29) is 5.91 Å². The van der Waals surface area contributed by atoms with Crippen molar-refractivity contribution in [1.29, 1.82) is 0 Å². The maximum atomic E-state index is 12.3. The number of halogens is 1. The second-order valence-corrected chi connectivity index (χ2v) is 5.65. The van der Waals surface area contributed by atoms with E-state index in [1.54, 1.807) is 30.3 Å². The predicted octanol–water partition coefficient (Wildman–Crippen LogP) is 3.65. The van der Waals surface area contributed by atoms with Crippen LogP contribution < -0.4 is 4.90 Å². The first-order valence-electron chi connectivity index (χ1n) is 6.76. The largest absolute Gasteiger partial charge is 0.332 e. The number of aromatic nitrogens is 2. The lowest BCUT2D eigenvalue weighted by atomic mass is 10.2. The minimum atomic E-state index is -0.0777. The van der Waals surface area contributed by atoms with Crippen LogP contribution in [-0.4, -0.2) is 22.5 Å². The number of amides is 1. The number of carbonyl (C=O) groups excluding carboxylic acids is 1. The summed E-state index contributed by atoms with van der Waals surface area (Å²) in [5.41, 5.74) is 1.94. The maximum Gasteiger partial charge on any atom is 0.250 e. The van der Waals surface area contributed by atoms with Gasteiger partial charge in [0.1, 0.15) is 5.82 Å². The molecule has 21 heavy (non-hydrogen) atoms. The summed E-state index contributed by atoms with van der Waals surface area (Å²) in [6.07, 6.45) is 6.93. The SMILES string of the molecule is CCn1ccnc1/C=C/C(=O)N(C)c1ccc(Br)cc1C. The number of rotatable bonds is 4. The molecule has 0 bridgehead atoms. The van der Waals surface area contributed by atoms with Gasteiger partial charge in [0.2, 0.25) is 0 Å². The number of nitrogens with zero attached hydrogens (tertiary/aromatic N) is 3. The molecule has 5 heteroatoms. The molecule has 1 amide bonds. The lowest BCUT2D eigenvalue weighted by molar-refractivity contribution is -0.113. The first-order valence-corrected chi connectivity index (χ1v) is 7.55. The minimum Gasteiger partial charge on any atom is -0.332 e. The van der Waals surface area contributed by atoms with E-state index >= 15 is 0 Å². The Hall–Kier alpha value is -1.88. The molecular formula is C16H18BrN3O. The van der Waals surface area contributed by atoms with Crippen LogP contribution in [0.1, 0.15) is 18.3 Å². The number of carbonyl (C=O) groups is 1. The third-order valence-corrected chi connectivity index (χ3v) is 3.81. The average Bonchev–Trinajstić information content (AvgIpc) is 2.91. The summed E-state index contributed by atoms with van der Waals surface area (Å²) in [6.45, 7) is 4.85. The van der Waals surface area contributed by atoms with E-state index in [9.17, 15) is 4.79 Å². The van der Waals surface area contributed by atoms with Gasteiger partial charge in [0.05, 0.1) is 0 Å². The zero-order valence-corrected chi connectivity index (χ0v) is 14.0. The third-order valence-electron chi connectivity index (χ3n) is 3.31. The molecular weight excluding hydrogens is 330 g/mol. The molecule has 0 spiro atoms. The summed E-state index contributed by atoms with van der Waals surface area (Å²) < 4.78 is 2.99. The van der Waals surface area contributed by atoms with Crippen molar-refractivity contribution in [2.24, 2.45) is 0 Å². The fourth-order valence-corrected chi connectivity index (χ4v) is 2.59. The molecule has 4 nitrogen and oxygen atoms in total. The van der Waals surface area contributed by atoms with Crippen LogP contribution in [-0.2, 0) is 11.3 Å². The van der Waals surface area contributed by atoms with Crippen molar-refractivity contribution < 1.29 is 4.79 Å². The lowest BCUT2D eigenvalue weighted by Gasteiger charge is -2.18. The highest BCUT2D eigenvalue weighted by atomic mass is 79.9. The van der Waals surface area contributed by atoms with Crippen LogP contribution in [0.25, 0.3) is 6.08 Å². The Morgan fingerprint density at radius 3 is 2.90 bits per heavy atom. The van der Waals surface area contributed by atoms with Crippen LogP contribution in [0.2, 0.25) is 0 Å². The topological polar surface area (TPSA) is 38.1 Å². The van der Waals surface area contributed by atoms with Crippen LogP contribution in [0.5, 0.6) is 0 Å². The lowest BCUT2D eigenvalue weighted by Crippen LogP contribution is -2.24. The van der Waals surface area contributed by atoms with Gasteiger partial charge in [0, 0.05) is 42.2 Å². The summed E-state index contributed by atoms with van der Waals surface area (Å²) in [7, 11) is 1.77. The fraction of sp³-hybridized carbons (Fsp3) is 0.250. The number of benzene rings is 1. The Bertz CT molecular complexity index is 676. The van der Waals surface area contributed by atoms with Gasteiger partial charge < -0.3 is 9.47 Å². The molecule has 0 aliphatic carbocycles. The second kappa shape index (κ2) is 6.72. The standard InChI is InChI=1S/C16H18BrN3O/c1-4-20-10-9-18-15(20)7-8-16(21)19(3)14-6-5-13(17)11-12(14)2/h5-11H,4H2,1-3H3/b8-7+. The van der Waals surface area contributed by atoms with E-state index in [1.807, 2.05) is 42.8 Å². The molecule has 0 N–H and O–H groups in total. The molecule has 1 heterocycles. The Labute approximate surface area is 133 Å². The van der Waals surface area contributed by atoms with Crippen LogP contribution in [0.4, 0.5) is 5.69 Å². The summed E-state index contributed by atoms with van der Waals surface area (Å²) in [4.78, 5) is 18.1.